The van der Waals surface area contributed by atoms with Gasteiger partial charge in [-0.1, -0.05) is 26.0 Å². The highest BCUT2D eigenvalue weighted by atomic mass is 16.2. The zero-order valence-corrected chi connectivity index (χ0v) is 16.3. The van der Waals surface area contributed by atoms with Gasteiger partial charge < -0.3 is 20.4 Å². The molecule has 1 aromatic rings. The van der Waals surface area contributed by atoms with Crippen molar-refractivity contribution in [2.75, 3.05) is 46.2 Å². The number of carbonyl (C=O) groups is 2. The smallest absolute Gasteiger partial charge is 0.309 e. The fourth-order valence-corrected chi connectivity index (χ4v) is 2.49. The van der Waals surface area contributed by atoms with E-state index in [4.69, 9.17) is 0 Å². The third-order valence-electron chi connectivity index (χ3n) is 4.19. The Morgan fingerprint density at radius 2 is 1.60 bits per heavy atom. The van der Waals surface area contributed by atoms with Gasteiger partial charge in [-0.25, -0.2) is 0 Å². The number of nitrogens with one attached hydrogen (secondary N) is 3. The molecule has 0 aliphatic heterocycles. The Morgan fingerprint density at radius 1 is 1.04 bits per heavy atom. The first-order valence-corrected chi connectivity index (χ1v) is 8.85. The molecule has 0 spiro atoms. The molecule has 0 heterocycles. The van der Waals surface area contributed by atoms with E-state index in [-0.39, 0.29) is 6.04 Å². The summed E-state index contributed by atoms with van der Waals surface area (Å²) in [6.07, 6.45) is 0.863. The molecular weight excluding hydrogens is 316 g/mol. The summed E-state index contributed by atoms with van der Waals surface area (Å²) >= 11 is 0. The summed E-state index contributed by atoms with van der Waals surface area (Å²) in [5, 5.41) is 5.42. The minimum Gasteiger partial charge on any atom is -0.378 e. The summed E-state index contributed by atoms with van der Waals surface area (Å²) in [4.78, 5) is 27.0. The molecular formula is C19H33N4O2+. The number of carbonyl (C=O) groups excluding carboxylic acids is 2. The van der Waals surface area contributed by atoms with Crippen LogP contribution in [0.3, 0.4) is 0 Å². The normalized spacial score (nSPS) is 12.2. The number of rotatable bonds is 8. The average Bonchev–Trinajstić information content (AvgIpc) is 2.54. The van der Waals surface area contributed by atoms with E-state index in [1.54, 1.807) is 0 Å². The van der Waals surface area contributed by atoms with E-state index in [9.17, 15) is 9.59 Å². The van der Waals surface area contributed by atoms with E-state index < -0.39 is 11.8 Å². The highest BCUT2D eigenvalue weighted by molar-refractivity contribution is 6.35. The monoisotopic (exact) mass is 349 g/mol. The van der Waals surface area contributed by atoms with Crippen LogP contribution in [-0.4, -0.2) is 53.1 Å². The van der Waals surface area contributed by atoms with Crippen LogP contribution in [-0.2, 0) is 9.59 Å². The van der Waals surface area contributed by atoms with Crippen molar-refractivity contribution < 1.29 is 14.5 Å². The molecule has 2 amide bonds. The van der Waals surface area contributed by atoms with Crippen LogP contribution in [0, 0.1) is 5.92 Å². The number of quaternary nitrogens is 1. The van der Waals surface area contributed by atoms with Crippen molar-refractivity contribution in [2.24, 2.45) is 5.92 Å². The third kappa shape index (κ3) is 7.13. The van der Waals surface area contributed by atoms with Crippen molar-refractivity contribution in [3.05, 3.63) is 29.8 Å². The molecule has 0 saturated heterocycles. The Hall–Kier alpha value is -2.08. The van der Waals surface area contributed by atoms with Crippen LogP contribution in [0.15, 0.2) is 24.3 Å². The molecule has 0 bridgehead atoms. The van der Waals surface area contributed by atoms with Crippen LogP contribution in [0.4, 0.5) is 5.69 Å². The van der Waals surface area contributed by atoms with E-state index in [1.807, 2.05) is 33.1 Å². The predicted molar refractivity (Wildman–Crippen MR) is 102 cm³/mol. The van der Waals surface area contributed by atoms with Gasteiger partial charge in [0.2, 0.25) is 0 Å². The molecule has 0 fully saturated rings. The van der Waals surface area contributed by atoms with Gasteiger partial charge in [-0.3, -0.25) is 9.59 Å². The van der Waals surface area contributed by atoms with E-state index in [0.29, 0.717) is 19.0 Å². The lowest BCUT2D eigenvalue weighted by Crippen LogP contribution is -3.07. The standard InChI is InChI=1S/C19H32N4O2/c1-14(2)11-12-20-18(24)19(25)21-13-17(23(5)6)15-7-9-16(10-8-15)22(3)4/h7-10,14,17H,11-13H2,1-6H3,(H,20,24)(H,21,25)/p+1/t17-/m0/s1. The fourth-order valence-electron chi connectivity index (χ4n) is 2.49. The molecule has 0 saturated carbocycles. The summed E-state index contributed by atoms with van der Waals surface area (Å²) < 4.78 is 0. The van der Waals surface area contributed by atoms with Gasteiger partial charge in [-0.05, 0) is 24.5 Å². The molecule has 140 valence electrons. The van der Waals surface area contributed by atoms with Gasteiger partial charge in [-0.2, -0.15) is 0 Å². The van der Waals surface area contributed by atoms with Gasteiger partial charge in [0, 0.05) is 31.9 Å². The van der Waals surface area contributed by atoms with Crippen LogP contribution in [0.1, 0.15) is 31.9 Å². The lowest BCUT2D eigenvalue weighted by atomic mass is 10.1. The second kappa shape index (κ2) is 10.0. The van der Waals surface area contributed by atoms with E-state index in [0.717, 1.165) is 17.7 Å². The first kappa shape index (κ1) is 21.0. The maximum atomic E-state index is 12.0. The Morgan fingerprint density at radius 3 is 2.08 bits per heavy atom. The average molecular weight is 349 g/mol. The molecule has 1 aromatic carbocycles. The number of likely N-dealkylation sites (N-methyl/N-ethyl adjacent to an activating group) is 1. The van der Waals surface area contributed by atoms with Gasteiger partial charge >= 0.3 is 11.8 Å². The van der Waals surface area contributed by atoms with Gasteiger partial charge in [0.25, 0.3) is 0 Å². The summed E-state index contributed by atoms with van der Waals surface area (Å²) in [6, 6.07) is 8.35. The molecule has 6 nitrogen and oxygen atoms in total. The lowest BCUT2D eigenvalue weighted by molar-refractivity contribution is -0.890. The summed E-state index contributed by atoms with van der Waals surface area (Å²) in [7, 11) is 8.09. The SMILES string of the molecule is CC(C)CCNC(=O)C(=O)NC[C@@H](c1ccc(N(C)C)cc1)[NH+](C)C. The van der Waals surface area contributed by atoms with Crippen molar-refractivity contribution in [3.63, 3.8) is 0 Å². The van der Waals surface area contributed by atoms with E-state index in [2.05, 4.69) is 48.7 Å². The second-order valence-electron chi connectivity index (χ2n) is 7.26. The number of anilines is 1. The second-order valence-corrected chi connectivity index (χ2v) is 7.26. The molecule has 0 unspecified atom stereocenters. The molecule has 0 aliphatic carbocycles. The van der Waals surface area contributed by atoms with Crippen LogP contribution < -0.4 is 20.4 Å². The zero-order valence-electron chi connectivity index (χ0n) is 16.3. The van der Waals surface area contributed by atoms with E-state index in [1.165, 1.54) is 4.90 Å². The third-order valence-corrected chi connectivity index (χ3v) is 4.19. The Balaban J connectivity index is 2.60. The van der Waals surface area contributed by atoms with Gasteiger partial charge in [0.1, 0.15) is 6.04 Å². The van der Waals surface area contributed by atoms with Crippen LogP contribution in [0.5, 0.6) is 0 Å². The summed E-state index contributed by atoms with van der Waals surface area (Å²) in [5.41, 5.74) is 2.26. The van der Waals surface area contributed by atoms with Crippen LogP contribution in [0.25, 0.3) is 0 Å². The quantitative estimate of drug-likeness (QED) is 0.588. The minimum atomic E-state index is -0.570. The van der Waals surface area contributed by atoms with Crippen molar-refractivity contribution in [1.82, 2.24) is 10.6 Å². The molecule has 0 aliphatic rings. The fraction of sp³-hybridized carbons (Fsp3) is 0.579. The Bertz CT molecular complexity index is 553. The largest absolute Gasteiger partial charge is 0.378 e. The lowest BCUT2D eigenvalue weighted by Gasteiger charge is -2.23. The highest BCUT2D eigenvalue weighted by Gasteiger charge is 2.21. The maximum Gasteiger partial charge on any atom is 0.309 e. The summed E-state index contributed by atoms with van der Waals surface area (Å²) in [5.74, 6) is -0.633. The number of hydrogen-bond acceptors (Lipinski definition) is 3. The molecule has 6 heteroatoms. The molecule has 1 rings (SSSR count). The first-order valence-electron chi connectivity index (χ1n) is 8.85. The number of amides is 2. The highest BCUT2D eigenvalue weighted by Crippen LogP contribution is 2.15. The van der Waals surface area contributed by atoms with E-state index >= 15 is 0 Å². The molecule has 3 N–H and O–H groups in total. The Kier molecular flexibility index (Phi) is 8.41. The van der Waals surface area contributed by atoms with Crippen molar-refractivity contribution in [3.8, 4) is 0 Å². The topological polar surface area (TPSA) is 65.9 Å². The molecule has 0 aromatic heterocycles. The molecule has 25 heavy (non-hydrogen) atoms. The van der Waals surface area contributed by atoms with Crippen molar-refractivity contribution in [1.29, 1.82) is 0 Å². The number of benzene rings is 1. The minimum absolute atomic E-state index is 0.0867. The van der Waals surface area contributed by atoms with Gasteiger partial charge in [0.05, 0.1) is 20.6 Å². The summed E-state index contributed by atoms with van der Waals surface area (Å²) in [6.45, 7) is 5.11. The molecule has 1 atom stereocenters. The van der Waals surface area contributed by atoms with Crippen molar-refractivity contribution in [2.45, 2.75) is 26.3 Å². The van der Waals surface area contributed by atoms with Gasteiger partial charge in [-0.15, -0.1) is 0 Å². The predicted octanol–water partition coefficient (Wildman–Crippen LogP) is 0.217. The van der Waals surface area contributed by atoms with Crippen LogP contribution >= 0.6 is 0 Å². The number of nitrogens with zero attached hydrogens (tertiary/aromatic N) is 1. The Labute approximate surface area is 151 Å². The van der Waals surface area contributed by atoms with Gasteiger partial charge in [0.15, 0.2) is 0 Å². The maximum absolute atomic E-state index is 12.0. The first-order chi connectivity index (χ1) is 11.7. The zero-order chi connectivity index (χ0) is 19.0. The number of hydrogen-bond donors (Lipinski definition) is 3. The molecule has 0 radical (unpaired) electrons. The van der Waals surface area contributed by atoms with Crippen LogP contribution in [0.2, 0.25) is 0 Å². The van der Waals surface area contributed by atoms with Crippen molar-refractivity contribution >= 4 is 17.5 Å².